The summed E-state index contributed by atoms with van der Waals surface area (Å²) in [6.45, 7) is 2.85. The zero-order chi connectivity index (χ0) is 27.9. The summed E-state index contributed by atoms with van der Waals surface area (Å²) in [5, 5.41) is 14.0. The second-order valence-corrected chi connectivity index (χ2v) is 9.30. The number of pyridine rings is 1. The van der Waals surface area contributed by atoms with Crippen LogP contribution < -0.4 is 4.90 Å². The molecular formula is C35H28Ir2N3O2-3. The molecule has 1 N–H and O–H groups in total. The van der Waals surface area contributed by atoms with Gasteiger partial charge in [-0.25, -0.2) is 0 Å². The molecule has 0 aliphatic carbocycles. The van der Waals surface area contributed by atoms with Crippen LogP contribution in [0.4, 0.5) is 5.69 Å². The molecule has 3 heterocycles. The van der Waals surface area contributed by atoms with E-state index in [0.29, 0.717) is 0 Å². The molecule has 1 aromatic heterocycles. The number of carbonyl (C=O) groups excluding carboxylic acids is 1. The van der Waals surface area contributed by atoms with Crippen molar-refractivity contribution in [2.24, 2.45) is 0 Å². The zero-order valence-corrected chi connectivity index (χ0v) is 27.8. The smallest absolute Gasteiger partial charge is 0.155 e. The molecule has 0 bridgehead atoms. The normalized spacial score (nSPS) is 13.7. The van der Waals surface area contributed by atoms with Gasteiger partial charge >= 0.3 is 0 Å². The predicted octanol–water partition coefficient (Wildman–Crippen LogP) is 8.57. The number of rotatable bonds is 2. The topological polar surface area (TPSA) is 67.5 Å². The fraction of sp³-hybridized carbons (Fsp3) is 0.0857. The summed E-state index contributed by atoms with van der Waals surface area (Å²) in [7, 11) is 0. The number of aromatic nitrogens is 1. The molecule has 216 valence electrons. The number of nitrogens with zero attached hydrogens (tertiary/aromatic N) is 3. The number of para-hydroxylation sites is 2. The summed E-state index contributed by atoms with van der Waals surface area (Å²) < 4.78 is 0. The van der Waals surface area contributed by atoms with Crippen LogP contribution in [-0.4, -0.2) is 15.9 Å². The second kappa shape index (κ2) is 15.4. The molecule has 0 spiro atoms. The molecule has 42 heavy (non-hydrogen) atoms. The minimum Gasteiger partial charge on any atom is -0.668 e. The van der Waals surface area contributed by atoms with Crippen molar-refractivity contribution < 1.29 is 50.1 Å². The number of benzene rings is 4. The minimum atomic E-state index is -0.125. The third-order valence-electron chi connectivity index (χ3n) is 6.33. The number of hydrogen-bond donors (Lipinski definition) is 1. The fourth-order valence-corrected chi connectivity index (χ4v) is 4.66. The number of allylic oxidation sites excluding steroid dienone is 2. The van der Waals surface area contributed by atoms with Crippen LogP contribution in [0.1, 0.15) is 25.6 Å². The largest absolute Gasteiger partial charge is 0.668 e. The number of aliphatic hydroxyl groups is 1. The van der Waals surface area contributed by atoms with Crippen molar-refractivity contribution in [3.05, 3.63) is 150 Å². The summed E-state index contributed by atoms with van der Waals surface area (Å²) in [6, 6.07) is 41.3. The first-order valence-corrected chi connectivity index (χ1v) is 13.0. The molecule has 7 heteroatoms. The van der Waals surface area contributed by atoms with Gasteiger partial charge in [0.1, 0.15) is 0 Å². The Kier molecular flexibility index (Phi) is 12.0. The Labute approximate surface area is 273 Å². The van der Waals surface area contributed by atoms with E-state index >= 15 is 0 Å². The molecule has 1 atom stereocenters. The van der Waals surface area contributed by atoms with Gasteiger partial charge in [0, 0.05) is 52.0 Å². The number of hydrogen-bond acceptors (Lipinski definition) is 4. The first kappa shape index (κ1) is 32.7. The van der Waals surface area contributed by atoms with Crippen LogP contribution in [0.15, 0.2) is 127 Å². The number of anilines is 1. The average Bonchev–Trinajstić information content (AvgIpc) is 3.48. The Morgan fingerprint density at radius 1 is 0.857 bits per heavy atom. The van der Waals surface area contributed by atoms with Crippen LogP contribution in [0.5, 0.6) is 0 Å². The SMILES string of the molecule is CC(=O)C=C(C)O.[Ir].[Ir].[c-]1cccc2c1C1[N-]C=CN1c1ccccc1-2.[c-]1ccccc1-c1ccc2ccccc2n1. The van der Waals surface area contributed by atoms with Crippen LogP contribution in [-0.2, 0) is 45.0 Å². The quantitative estimate of drug-likeness (QED) is 0.110. The molecule has 0 saturated carbocycles. The summed E-state index contributed by atoms with van der Waals surface area (Å²) >= 11 is 0. The van der Waals surface area contributed by atoms with Crippen molar-refractivity contribution in [1.82, 2.24) is 4.98 Å². The molecule has 7 rings (SSSR count). The standard InChI is InChI=1S/C15H10N2.C15H10N.C5H8O2.2Ir/c1-2-7-13-11(5-1)12-6-3-4-8-14(12)17-10-9-16-15(13)17;1-2-6-12(7-3-1)15-11-10-13-8-4-5-9-14(13)16-15;1-4(6)3-5(2)7;;/h1-6,8-10,15H;1-6,8-11H;3,6H,1-2H3;;/q-2;-1;;;. The van der Waals surface area contributed by atoms with E-state index < -0.39 is 0 Å². The van der Waals surface area contributed by atoms with Gasteiger partial charge in [-0.15, -0.1) is 47.0 Å². The van der Waals surface area contributed by atoms with Gasteiger partial charge in [0.25, 0.3) is 0 Å². The predicted molar refractivity (Wildman–Crippen MR) is 162 cm³/mol. The van der Waals surface area contributed by atoms with E-state index in [2.05, 4.69) is 69.8 Å². The second-order valence-electron chi connectivity index (χ2n) is 9.30. The first-order chi connectivity index (χ1) is 19.5. The maximum atomic E-state index is 10.0. The van der Waals surface area contributed by atoms with Crippen LogP contribution in [0, 0.1) is 12.1 Å². The van der Waals surface area contributed by atoms with Crippen molar-refractivity contribution in [3.63, 3.8) is 0 Å². The summed E-state index contributed by atoms with van der Waals surface area (Å²) in [4.78, 5) is 16.8. The Morgan fingerprint density at radius 3 is 2.31 bits per heavy atom. The zero-order valence-electron chi connectivity index (χ0n) is 23.0. The van der Waals surface area contributed by atoms with E-state index in [9.17, 15) is 4.79 Å². The van der Waals surface area contributed by atoms with Gasteiger partial charge in [-0.3, -0.25) is 9.78 Å². The van der Waals surface area contributed by atoms with Gasteiger partial charge in [0.15, 0.2) is 5.78 Å². The number of aliphatic hydroxyl groups excluding tert-OH is 1. The summed E-state index contributed by atoms with van der Waals surface area (Å²) in [5.74, 6) is -0.0625. The van der Waals surface area contributed by atoms with Gasteiger partial charge in [0.05, 0.1) is 11.3 Å². The Bertz CT molecular complexity index is 1700. The van der Waals surface area contributed by atoms with E-state index in [-0.39, 0.29) is 57.9 Å². The molecule has 2 aliphatic rings. The minimum absolute atomic E-state index is 0. The van der Waals surface area contributed by atoms with E-state index in [1.165, 1.54) is 42.1 Å². The average molecular weight is 907 g/mol. The Hall–Kier alpha value is -3.86. The summed E-state index contributed by atoms with van der Waals surface area (Å²) in [6.07, 6.45) is 5.14. The number of fused-ring (bicyclic) bond motifs is 7. The third kappa shape index (κ3) is 7.70. The maximum absolute atomic E-state index is 10.0. The molecule has 2 aliphatic heterocycles. The van der Waals surface area contributed by atoms with Crippen molar-refractivity contribution in [1.29, 1.82) is 0 Å². The van der Waals surface area contributed by atoms with E-state index in [1.54, 1.807) is 0 Å². The van der Waals surface area contributed by atoms with Crippen molar-refractivity contribution in [3.8, 4) is 22.4 Å². The van der Waals surface area contributed by atoms with Gasteiger partial charge in [-0.05, 0) is 49.4 Å². The molecule has 1 unspecified atom stereocenters. The van der Waals surface area contributed by atoms with Gasteiger partial charge in [-0.1, -0.05) is 54.1 Å². The van der Waals surface area contributed by atoms with E-state index in [1.807, 2.05) is 73.1 Å². The summed E-state index contributed by atoms with van der Waals surface area (Å²) in [5.41, 5.74) is 7.93. The molecule has 4 aromatic carbocycles. The van der Waals surface area contributed by atoms with Crippen LogP contribution >= 0.6 is 0 Å². The van der Waals surface area contributed by atoms with Crippen molar-refractivity contribution in [2.45, 2.75) is 20.0 Å². The van der Waals surface area contributed by atoms with Crippen LogP contribution in [0.25, 0.3) is 38.6 Å². The van der Waals surface area contributed by atoms with E-state index in [0.717, 1.165) is 22.3 Å². The van der Waals surface area contributed by atoms with Crippen LogP contribution in [0.3, 0.4) is 0 Å². The molecule has 5 aromatic rings. The van der Waals surface area contributed by atoms with Gasteiger partial charge in [0.2, 0.25) is 0 Å². The molecular weight excluding hydrogens is 879 g/mol. The fourth-order valence-electron chi connectivity index (χ4n) is 4.66. The molecule has 5 nitrogen and oxygen atoms in total. The van der Waals surface area contributed by atoms with Crippen molar-refractivity contribution >= 4 is 22.4 Å². The van der Waals surface area contributed by atoms with Gasteiger partial charge in [-0.2, -0.15) is 30.5 Å². The van der Waals surface area contributed by atoms with Crippen LogP contribution in [0.2, 0.25) is 0 Å². The molecule has 0 saturated heterocycles. The Balaban J connectivity index is 0.000000183. The van der Waals surface area contributed by atoms with E-state index in [4.69, 9.17) is 5.11 Å². The number of carbonyl (C=O) groups is 1. The first-order valence-electron chi connectivity index (χ1n) is 13.0. The van der Waals surface area contributed by atoms with Gasteiger partial charge < -0.3 is 15.3 Å². The molecule has 2 radical (unpaired) electrons. The van der Waals surface area contributed by atoms with Crippen molar-refractivity contribution in [2.75, 3.05) is 4.90 Å². The molecule has 0 fully saturated rings. The molecule has 0 amide bonds. The Morgan fingerprint density at radius 2 is 1.57 bits per heavy atom. The number of ketones is 1. The maximum Gasteiger partial charge on any atom is 0.155 e. The third-order valence-corrected chi connectivity index (χ3v) is 6.33. The monoisotopic (exact) mass is 908 g/mol.